The Morgan fingerprint density at radius 1 is 1.04 bits per heavy atom. The standard InChI is InChI=1S/C23H32O3/c1-14(24)17-6-7-18-16-5-4-15-12-20-21(26-11-10-25-20)13-23(15,3)19(16)8-9-22(17,18)2/h4-5,17-21H,6-13H2,1-3H3/t17-,18+,19+,20?,21?,22-,23+/m1/s1. The maximum Gasteiger partial charge on any atom is 0.133 e. The average Bonchev–Trinajstić information content (AvgIpc) is 2.97. The minimum absolute atomic E-state index is 0.178. The molecule has 5 aliphatic rings. The van der Waals surface area contributed by atoms with Gasteiger partial charge in [-0.2, -0.15) is 0 Å². The number of fused-ring (bicyclic) bond motifs is 6. The van der Waals surface area contributed by atoms with Gasteiger partial charge in [0, 0.05) is 5.92 Å². The van der Waals surface area contributed by atoms with Crippen molar-refractivity contribution in [2.75, 3.05) is 13.2 Å². The van der Waals surface area contributed by atoms with Crippen molar-refractivity contribution in [3.05, 3.63) is 23.3 Å². The highest BCUT2D eigenvalue weighted by molar-refractivity contribution is 5.79. The van der Waals surface area contributed by atoms with E-state index in [4.69, 9.17) is 9.47 Å². The quantitative estimate of drug-likeness (QED) is 0.695. The highest BCUT2D eigenvalue weighted by Gasteiger charge is 2.58. The third kappa shape index (κ3) is 2.22. The number of Topliss-reactive ketones (excluding diaryl/α,β-unsaturated/α-hetero) is 1. The van der Waals surface area contributed by atoms with E-state index >= 15 is 0 Å². The summed E-state index contributed by atoms with van der Waals surface area (Å²) in [5.74, 6) is 1.88. The van der Waals surface area contributed by atoms with Crippen molar-refractivity contribution in [3.8, 4) is 0 Å². The van der Waals surface area contributed by atoms with E-state index in [1.54, 1.807) is 18.1 Å². The highest BCUT2D eigenvalue weighted by Crippen LogP contribution is 2.65. The van der Waals surface area contributed by atoms with E-state index in [1.807, 2.05) is 0 Å². The lowest BCUT2D eigenvalue weighted by Crippen LogP contribution is -2.52. The van der Waals surface area contributed by atoms with Gasteiger partial charge in [0.2, 0.25) is 0 Å². The number of rotatable bonds is 1. The molecule has 3 saturated carbocycles. The summed E-state index contributed by atoms with van der Waals surface area (Å²) < 4.78 is 12.1. The van der Waals surface area contributed by atoms with Crippen LogP contribution in [0.2, 0.25) is 0 Å². The molecule has 0 N–H and O–H groups in total. The summed E-state index contributed by atoms with van der Waals surface area (Å²) in [6.07, 6.45) is 12.2. The monoisotopic (exact) mass is 356 g/mol. The van der Waals surface area contributed by atoms with Crippen molar-refractivity contribution >= 4 is 5.78 Å². The minimum Gasteiger partial charge on any atom is -0.373 e. The summed E-state index contributed by atoms with van der Waals surface area (Å²) in [7, 11) is 0. The van der Waals surface area contributed by atoms with Crippen molar-refractivity contribution in [1.29, 1.82) is 0 Å². The third-order valence-corrected chi connectivity index (χ3v) is 8.79. The topological polar surface area (TPSA) is 35.5 Å². The minimum atomic E-state index is 0.178. The summed E-state index contributed by atoms with van der Waals surface area (Å²) in [5, 5.41) is 0. The second kappa shape index (κ2) is 5.78. The molecule has 0 aromatic heterocycles. The van der Waals surface area contributed by atoms with Gasteiger partial charge in [-0.1, -0.05) is 37.1 Å². The summed E-state index contributed by atoms with van der Waals surface area (Å²) in [4.78, 5) is 12.3. The molecule has 142 valence electrons. The Balaban J connectivity index is 1.50. The molecule has 0 spiro atoms. The van der Waals surface area contributed by atoms with Crippen LogP contribution >= 0.6 is 0 Å². The molecule has 4 aliphatic carbocycles. The Hall–Kier alpha value is -0.930. The number of hydrogen-bond donors (Lipinski definition) is 0. The predicted molar refractivity (Wildman–Crippen MR) is 101 cm³/mol. The molecule has 0 amide bonds. The lowest BCUT2D eigenvalue weighted by molar-refractivity contribution is -0.165. The smallest absolute Gasteiger partial charge is 0.133 e. The molecular formula is C23H32O3. The van der Waals surface area contributed by atoms with E-state index < -0.39 is 0 Å². The number of hydrogen-bond acceptors (Lipinski definition) is 3. The van der Waals surface area contributed by atoms with Crippen LogP contribution in [0.15, 0.2) is 23.3 Å². The largest absolute Gasteiger partial charge is 0.373 e. The average molecular weight is 357 g/mol. The van der Waals surface area contributed by atoms with Crippen molar-refractivity contribution in [1.82, 2.24) is 0 Å². The van der Waals surface area contributed by atoms with Crippen LogP contribution in [0, 0.1) is 28.6 Å². The van der Waals surface area contributed by atoms with Crippen LogP contribution in [0.4, 0.5) is 0 Å². The first-order chi connectivity index (χ1) is 12.4. The first kappa shape index (κ1) is 17.2. The second-order valence-electron chi connectivity index (χ2n) is 9.89. The van der Waals surface area contributed by atoms with E-state index in [2.05, 4.69) is 26.0 Å². The molecule has 3 heteroatoms. The first-order valence-electron chi connectivity index (χ1n) is 10.6. The number of carbonyl (C=O) groups is 1. The Kier molecular flexibility index (Phi) is 3.82. The summed E-state index contributed by atoms with van der Waals surface area (Å²) >= 11 is 0. The second-order valence-corrected chi connectivity index (χ2v) is 9.89. The molecule has 0 aromatic rings. The van der Waals surface area contributed by atoms with Gasteiger partial charge in [0.1, 0.15) is 5.78 Å². The molecule has 1 aliphatic heterocycles. The van der Waals surface area contributed by atoms with Crippen molar-refractivity contribution in [2.45, 2.75) is 71.5 Å². The van der Waals surface area contributed by atoms with Gasteiger partial charge in [-0.25, -0.2) is 0 Å². The van der Waals surface area contributed by atoms with Gasteiger partial charge in [0.15, 0.2) is 0 Å². The molecule has 0 bridgehead atoms. The molecule has 3 nitrogen and oxygen atoms in total. The van der Waals surface area contributed by atoms with Gasteiger partial charge in [0.25, 0.3) is 0 Å². The maximum atomic E-state index is 12.3. The Morgan fingerprint density at radius 2 is 1.81 bits per heavy atom. The van der Waals surface area contributed by atoms with E-state index in [0.717, 1.165) is 32.5 Å². The summed E-state index contributed by atoms with van der Waals surface area (Å²) in [6.45, 7) is 8.16. The number of allylic oxidation sites excluding steroid dienone is 3. The number of ether oxygens (including phenoxy) is 2. The van der Waals surface area contributed by atoms with Gasteiger partial charge in [0.05, 0.1) is 25.4 Å². The summed E-state index contributed by atoms with van der Waals surface area (Å²) in [6, 6.07) is 0. The molecule has 7 atom stereocenters. The van der Waals surface area contributed by atoms with Crippen LogP contribution in [0.3, 0.4) is 0 Å². The van der Waals surface area contributed by atoms with Crippen LogP contribution in [-0.2, 0) is 14.3 Å². The molecule has 2 unspecified atom stereocenters. The molecule has 4 fully saturated rings. The van der Waals surface area contributed by atoms with E-state index in [0.29, 0.717) is 17.6 Å². The van der Waals surface area contributed by atoms with Gasteiger partial charge < -0.3 is 9.47 Å². The van der Waals surface area contributed by atoms with E-state index in [-0.39, 0.29) is 29.0 Å². The lowest BCUT2D eigenvalue weighted by atomic mass is 9.50. The normalized spacial score (nSPS) is 49.9. The maximum absolute atomic E-state index is 12.3. The van der Waals surface area contributed by atoms with Crippen LogP contribution in [-0.4, -0.2) is 31.2 Å². The van der Waals surface area contributed by atoms with Gasteiger partial charge >= 0.3 is 0 Å². The number of ketones is 1. The van der Waals surface area contributed by atoms with Crippen LogP contribution in [0.1, 0.15) is 59.3 Å². The Morgan fingerprint density at radius 3 is 2.58 bits per heavy atom. The van der Waals surface area contributed by atoms with Crippen LogP contribution in [0.25, 0.3) is 0 Å². The fourth-order valence-electron chi connectivity index (χ4n) is 7.40. The van der Waals surface area contributed by atoms with Crippen molar-refractivity contribution < 1.29 is 14.3 Å². The zero-order chi connectivity index (χ0) is 18.1. The van der Waals surface area contributed by atoms with Crippen LogP contribution < -0.4 is 0 Å². The molecule has 0 radical (unpaired) electrons. The van der Waals surface area contributed by atoms with E-state index in [1.165, 1.54) is 19.3 Å². The Labute approximate surface area is 157 Å². The van der Waals surface area contributed by atoms with Crippen LogP contribution in [0.5, 0.6) is 0 Å². The fourth-order valence-corrected chi connectivity index (χ4v) is 7.40. The lowest BCUT2D eigenvalue weighted by Gasteiger charge is -2.56. The molecule has 5 rings (SSSR count). The zero-order valence-electron chi connectivity index (χ0n) is 16.4. The Bertz CT molecular complexity index is 692. The molecule has 1 saturated heterocycles. The molecule has 1 heterocycles. The number of carbonyl (C=O) groups excluding carboxylic acids is 1. The SMILES string of the molecule is CC(=O)[C@H]1CC[C@H]2C3=CC=C4CC5OCCOC5C[C@]4(C)[C@H]3CC[C@]12C. The van der Waals surface area contributed by atoms with Gasteiger partial charge in [-0.15, -0.1) is 0 Å². The molecular weight excluding hydrogens is 324 g/mol. The summed E-state index contributed by atoms with van der Waals surface area (Å²) in [5.41, 5.74) is 3.60. The fraction of sp³-hybridized carbons (Fsp3) is 0.783. The highest BCUT2D eigenvalue weighted by atomic mass is 16.6. The molecule has 0 aromatic carbocycles. The van der Waals surface area contributed by atoms with Gasteiger partial charge in [-0.05, 0) is 68.1 Å². The van der Waals surface area contributed by atoms with Gasteiger partial charge in [-0.3, -0.25) is 4.79 Å². The van der Waals surface area contributed by atoms with Crippen molar-refractivity contribution in [2.24, 2.45) is 28.6 Å². The zero-order valence-corrected chi connectivity index (χ0v) is 16.4. The van der Waals surface area contributed by atoms with E-state index in [9.17, 15) is 4.79 Å². The first-order valence-corrected chi connectivity index (χ1v) is 10.6. The third-order valence-electron chi connectivity index (χ3n) is 8.79. The molecule has 26 heavy (non-hydrogen) atoms. The predicted octanol–water partition coefficient (Wildman–Crippen LogP) is 4.47. The van der Waals surface area contributed by atoms with Crippen molar-refractivity contribution in [3.63, 3.8) is 0 Å².